The zero-order valence-electron chi connectivity index (χ0n) is 23.2. The van der Waals surface area contributed by atoms with Crippen molar-refractivity contribution in [2.24, 2.45) is 0 Å². The van der Waals surface area contributed by atoms with Gasteiger partial charge in [-0.2, -0.15) is 0 Å². The molecule has 0 amide bonds. The molecule has 0 saturated heterocycles. The highest BCUT2D eigenvalue weighted by Crippen LogP contribution is 2.51. The van der Waals surface area contributed by atoms with Gasteiger partial charge in [0.1, 0.15) is 0 Å². The molecular weight excluding hydrogens is 492 g/mol. The van der Waals surface area contributed by atoms with Crippen LogP contribution in [0.15, 0.2) is 133 Å². The Kier molecular flexibility index (Phi) is 4.49. The molecule has 0 atom stereocenters. The summed E-state index contributed by atoms with van der Waals surface area (Å²) in [6.45, 7) is 4.77. The summed E-state index contributed by atoms with van der Waals surface area (Å²) in [5.41, 5.74) is 10.6. The van der Waals surface area contributed by atoms with Crippen LogP contribution in [0.4, 0.5) is 0 Å². The SMILES string of the molecule is CC1(C)c2cc(-c3cc4ccc5cccc6ccc(c3)c4c56)ccc2-c2cc3c(-c4ccccc4)cccc3cc21. The minimum Gasteiger partial charge on any atom is -0.0622 e. The molecule has 0 radical (unpaired) electrons. The first-order valence-electron chi connectivity index (χ1n) is 14.5. The van der Waals surface area contributed by atoms with Gasteiger partial charge in [0.05, 0.1) is 0 Å². The molecule has 0 heterocycles. The Bertz CT molecular complexity index is 2250. The van der Waals surface area contributed by atoms with Gasteiger partial charge >= 0.3 is 0 Å². The zero-order chi connectivity index (χ0) is 27.3. The Labute approximate surface area is 239 Å². The normalized spacial score (nSPS) is 13.8. The number of hydrogen-bond donors (Lipinski definition) is 0. The molecule has 0 aromatic heterocycles. The minimum atomic E-state index is -0.0757. The van der Waals surface area contributed by atoms with E-state index in [2.05, 4.69) is 147 Å². The Morgan fingerprint density at radius 3 is 1.76 bits per heavy atom. The van der Waals surface area contributed by atoms with Crippen LogP contribution in [0.5, 0.6) is 0 Å². The Balaban J connectivity index is 1.23. The molecule has 0 heteroatoms. The maximum absolute atomic E-state index is 2.45. The minimum absolute atomic E-state index is 0.0757. The van der Waals surface area contributed by atoms with Gasteiger partial charge < -0.3 is 0 Å². The van der Waals surface area contributed by atoms with E-state index < -0.39 is 0 Å². The Morgan fingerprint density at radius 2 is 1.00 bits per heavy atom. The molecule has 0 aliphatic heterocycles. The molecule has 41 heavy (non-hydrogen) atoms. The lowest BCUT2D eigenvalue weighted by atomic mass is 9.80. The Hall–Kier alpha value is -4.94. The molecule has 8 aromatic carbocycles. The largest absolute Gasteiger partial charge is 0.0622 e. The Morgan fingerprint density at radius 1 is 0.366 bits per heavy atom. The summed E-state index contributed by atoms with van der Waals surface area (Å²) in [5, 5.41) is 10.6. The number of rotatable bonds is 2. The van der Waals surface area contributed by atoms with E-state index in [-0.39, 0.29) is 5.41 Å². The molecule has 1 aliphatic carbocycles. The standard InChI is InChI=1S/C41H28/c1-41(2)37-22-28(32-20-30-16-14-26-10-6-11-27-15-17-31(21-32)40(30)39(26)27)18-19-34(37)36-24-35-29(23-38(36)41)12-7-13-33(35)25-8-4-3-5-9-25/h3-24H,1-2H3. The first-order chi connectivity index (χ1) is 20.1. The quantitative estimate of drug-likeness (QED) is 0.199. The predicted molar refractivity (Wildman–Crippen MR) is 176 cm³/mol. The molecule has 0 bridgehead atoms. The second-order valence-corrected chi connectivity index (χ2v) is 12.2. The van der Waals surface area contributed by atoms with E-state index >= 15 is 0 Å². The van der Waals surface area contributed by atoms with Gasteiger partial charge in [-0.15, -0.1) is 0 Å². The highest BCUT2D eigenvalue weighted by atomic mass is 14.4. The van der Waals surface area contributed by atoms with Crippen molar-refractivity contribution in [3.63, 3.8) is 0 Å². The molecule has 0 spiro atoms. The average Bonchev–Trinajstić information content (AvgIpc) is 3.24. The molecule has 8 aromatic rings. The van der Waals surface area contributed by atoms with Crippen molar-refractivity contribution >= 4 is 43.1 Å². The fourth-order valence-electron chi connectivity index (χ4n) is 7.48. The lowest BCUT2D eigenvalue weighted by Gasteiger charge is -2.23. The van der Waals surface area contributed by atoms with Gasteiger partial charge in [0.15, 0.2) is 0 Å². The summed E-state index contributed by atoms with van der Waals surface area (Å²) in [7, 11) is 0. The fraction of sp³-hybridized carbons (Fsp3) is 0.0732. The van der Waals surface area contributed by atoms with Gasteiger partial charge in [0.2, 0.25) is 0 Å². The first kappa shape index (κ1) is 22.8. The van der Waals surface area contributed by atoms with Crippen molar-refractivity contribution in [2.45, 2.75) is 19.3 Å². The van der Waals surface area contributed by atoms with Crippen LogP contribution in [0.2, 0.25) is 0 Å². The second-order valence-electron chi connectivity index (χ2n) is 12.2. The average molecular weight is 521 g/mol. The van der Waals surface area contributed by atoms with E-state index in [9.17, 15) is 0 Å². The molecular formula is C41H28. The van der Waals surface area contributed by atoms with Crippen LogP contribution < -0.4 is 0 Å². The van der Waals surface area contributed by atoms with Crippen molar-refractivity contribution in [1.82, 2.24) is 0 Å². The van der Waals surface area contributed by atoms with E-state index in [1.807, 2.05) is 0 Å². The molecule has 0 fully saturated rings. The number of benzene rings is 8. The van der Waals surface area contributed by atoms with Crippen LogP contribution in [0.3, 0.4) is 0 Å². The van der Waals surface area contributed by atoms with Gasteiger partial charge in [-0.3, -0.25) is 0 Å². The molecule has 0 nitrogen and oxygen atoms in total. The summed E-state index contributed by atoms with van der Waals surface area (Å²) in [5.74, 6) is 0. The molecule has 0 N–H and O–H groups in total. The van der Waals surface area contributed by atoms with Crippen LogP contribution in [0.25, 0.3) is 76.5 Å². The summed E-state index contributed by atoms with van der Waals surface area (Å²) in [6.07, 6.45) is 0. The first-order valence-corrected chi connectivity index (χ1v) is 14.5. The highest BCUT2D eigenvalue weighted by molar-refractivity contribution is 6.23. The molecule has 0 saturated carbocycles. The third-order valence-electron chi connectivity index (χ3n) is 9.56. The zero-order valence-corrected chi connectivity index (χ0v) is 23.2. The molecule has 1 aliphatic rings. The molecule has 0 unspecified atom stereocenters. The van der Waals surface area contributed by atoms with Gasteiger partial charge in [-0.25, -0.2) is 0 Å². The summed E-state index contributed by atoms with van der Waals surface area (Å²) in [6, 6.07) is 49.9. The summed E-state index contributed by atoms with van der Waals surface area (Å²) in [4.78, 5) is 0. The monoisotopic (exact) mass is 520 g/mol. The van der Waals surface area contributed by atoms with Crippen LogP contribution >= 0.6 is 0 Å². The molecule has 9 rings (SSSR count). The fourth-order valence-corrected chi connectivity index (χ4v) is 7.48. The number of hydrogen-bond acceptors (Lipinski definition) is 0. The van der Waals surface area contributed by atoms with E-state index in [0.717, 1.165) is 0 Å². The van der Waals surface area contributed by atoms with Gasteiger partial charge in [0.25, 0.3) is 0 Å². The third kappa shape index (κ3) is 3.16. The van der Waals surface area contributed by atoms with Crippen molar-refractivity contribution in [1.29, 1.82) is 0 Å². The lowest BCUT2D eigenvalue weighted by molar-refractivity contribution is 0.661. The van der Waals surface area contributed by atoms with E-state index in [0.29, 0.717) is 0 Å². The van der Waals surface area contributed by atoms with Crippen LogP contribution in [-0.2, 0) is 5.41 Å². The maximum Gasteiger partial charge on any atom is 0.0159 e. The van der Waals surface area contributed by atoms with E-state index in [1.165, 1.54) is 87.6 Å². The second kappa shape index (κ2) is 8.05. The van der Waals surface area contributed by atoms with Crippen molar-refractivity contribution in [2.75, 3.05) is 0 Å². The topological polar surface area (TPSA) is 0 Å². The smallest absolute Gasteiger partial charge is 0.0159 e. The lowest BCUT2D eigenvalue weighted by Crippen LogP contribution is -2.15. The summed E-state index contributed by atoms with van der Waals surface area (Å²) >= 11 is 0. The van der Waals surface area contributed by atoms with Gasteiger partial charge in [-0.1, -0.05) is 117 Å². The maximum atomic E-state index is 2.45. The van der Waals surface area contributed by atoms with Crippen molar-refractivity contribution < 1.29 is 0 Å². The van der Waals surface area contributed by atoms with Crippen LogP contribution in [-0.4, -0.2) is 0 Å². The van der Waals surface area contributed by atoms with Crippen molar-refractivity contribution in [3.8, 4) is 33.4 Å². The van der Waals surface area contributed by atoms with Crippen LogP contribution in [0, 0.1) is 0 Å². The van der Waals surface area contributed by atoms with Crippen molar-refractivity contribution in [3.05, 3.63) is 145 Å². The summed E-state index contributed by atoms with van der Waals surface area (Å²) < 4.78 is 0. The van der Waals surface area contributed by atoms with Crippen LogP contribution in [0.1, 0.15) is 25.0 Å². The highest BCUT2D eigenvalue weighted by Gasteiger charge is 2.36. The molecule has 192 valence electrons. The predicted octanol–water partition coefficient (Wildman–Crippen LogP) is 11.4. The third-order valence-corrected chi connectivity index (χ3v) is 9.56. The van der Waals surface area contributed by atoms with Gasteiger partial charge in [0, 0.05) is 5.41 Å². The number of fused-ring (bicyclic) bond motifs is 4. The van der Waals surface area contributed by atoms with E-state index in [4.69, 9.17) is 0 Å². The van der Waals surface area contributed by atoms with Gasteiger partial charge in [-0.05, 0) is 118 Å². The van der Waals surface area contributed by atoms with E-state index in [1.54, 1.807) is 0 Å².